The molecule has 2 aromatic rings. The fourth-order valence-corrected chi connectivity index (χ4v) is 16.1. The molecule has 1 unspecified atom stereocenters. The summed E-state index contributed by atoms with van der Waals surface area (Å²) in [5.74, 6) is 3.21. The van der Waals surface area contributed by atoms with Crippen LogP contribution in [0.25, 0.3) is 11.3 Å². The minimum Gasteiger partial charge on any atom is -0.481 e. The number of carbonyl (C=O) groups excluding carboxylic acids is 2. The van der Waals surface area contributed by atoms with Crippen LogP contribution in [0.5, 0.6) is 0 Å². The van der Waals surface area contributed by atoms with E-state index in [0.29, 0.717) is 46.8 Å². The number of piperidine rings is 1. The normalized spacial score (nSPS) is 39.9. The van der Waals surface area contributed by atoms with Gasteiger partial charge in [-0.1, -0.05) is 71.9 Å². The Morgan fingerprint density at radius 2 is 1.51 bits per heavy atom. The number of rotatable bonds is 8. The zero-order valence-electron chi connectivity index (χ0n) is 37.5. The third kappa shape index (κ3) is 6.22. The molecule has 1 amide bonds. The predicted molar refractivity (Wildman–Crippen MR) is 230 cm³/mol. The van der Waals surface area contributed by atoms with Crippen LogP contribution in [0, 0.1) is 67.5 Å². The first kappa shape index (κ1) is 41.2. The van der Waals surface area contributed by atoms with E-state index in [4.69, 9.17) is 9.72 Å². The molecule has 8 nitrogen and oxygen atoms in total. The Hall–Kier alpha value is -3.16. The van der Waals surface area contributed by atoms with E-state index >= 15 is 4.79 Å². The molecule has 7 fully saturated rings. The van der Waals surface area contributed by atoms with Crippen molar-refractivity contribution in [1.29, 1.82) is 0 Å². The van der Waals surface area contributed by atoms with Crippen molar-refractivity contribution in [2.45, 2.75) is 164 Å². The van der Waals surface area contributed by atoms with E-state index in [2.05, 4.69) is 75.7 Å². The molecular weight excluding hydrogens is 735 g/mol. The number of nitrogens with zero attached hydrogens (tertiary/aromatic N) is 2. The zero-order chi connectivity index (χ0) is 42.0. The molecule has 322 valence electrons. The number of imidazole rings is 1. The van der Waals surface area contributed by atoms with Crippen LogP contribution in [0.2, 0.25) is 0 Å². The number of esters is 1. The minimum absolute atomic E-state index is 0.109. The maximum atomic E-state index is 15.4. The van der Waals surface area contributed by atoms with Gasteiger partial charge in [-0.2, -0.15) is 0 Å². The lowest BCUT2D eigenvalue weighted by Gasteiger charge is -2.73. The number of hydrogen-bond donors (Lipinski definition) is 2. The number of ether oxygens (including phenoxy) is 1. The van der Waals surface area contributed by atoms with Crippen molar-refractivity contribution in [3.05, 3.63) is 42.4 Å². The number of likely N-dealkylation sites (tertiary alicyclic amines) is 1. The number of aromatic nitrogens is 2. The summed E-state index contributed by atoms with van der Waals surface area (Å²) in [4.78, 5) is 51.2. The van der Waals surface area contributed by atoms with Gasteiger partial charge in [0.15, 0.2) is 0 Å². The molecule has 1 aromatic carbocycles. The molecule has 10 atom stereocenters. The van der Waals surface area contributed by atoms with E-state index in [0.717, 1.165) is 81.5 Å². The van der Waals surface area contributed by atoms with Gasteiger partial charge in [-0.25, -0.2) is 4.98 Å². The third-order valence-electron chi connectivity index (χ3n) is 20.0. The number of amides is 1. The van der Waals surface area contributed by atoms with Crippen LogP contribution >= 0.6 is 0 Å². The van der Waals surface area contributed by atoms with Gasteiger partial charge in [0.25, 0.3) is 0 Å². The average molecular weight is 808 g/mol. The molecule has 1 aromatic heterocycles. The largest absolute Gasteiger partial charge is 0.481 e. The number of carbonyl (C=O) groups is 3. The number of hydrogen-bond acceptors (Lipinski definition) is 5. The second-order valence-electron chi connectivity index (χ2n) is 23.5. The number of H-pyrrole nitrogens is 1. The number of fused-ring (bicyclic) bond motifs is 7. The molecule has 59 heavy (non-hydrogen) atoms. The molecule has 1 aliphatic heterocycles. The SMILES string of the molecule is CC(C)(CC(=O)O[C@H]1CC[C@]2(C)[C@H]3CC[C@@H]4[C@H]5C(C6(C)CC6)CC[C@]5(C(=O)N5CCC(c6ncc(-c7ccccc7)[nH]6)CC5)CC[C@@]4(C)[C@]3(C)CC[C@H]2C1(C)C)C(=O)O. The number of carboxylic acids is 1. The van der Waals surface area contributed by atoms with Gasteiger partial charge in [-0.05, 0) is 161 Å². The Bertz CT molecular complexity index is 1960. The second kappa shape index (κ2) is 13.9. The average Bonchev–Trinajstić information content (AvgIpc) is 3.56. The monoisotopic (exact) mass is 808 g/mol. The number of nitrogens with one attached hydrogen (secondary N) is 1. The first-order valence-electron chi connectivity index (χ1n) is 23.6. The summed E-state index contributed by atoms with van der Waals surface area (Å²) in [7, 11) is 0. The van der Waals surface area contributed by atoms with Crippen LogP contribution in [0.15, 0.2) is 36.5 Å². The molecule has 9 rings (SSSR count). The quantitative estimate of drug-likeness (QED) is 0.257. The van der Waals surface area contributed by atoms with E-state index in [-0.39, 0.29) is 45.6 Å². The van der Waals surface area contributed by atoms with Gasteiger partial charge < -0.3 is 19.7 Å². The summed E-state index contributed by atoms with van der Waals surface area (Å²) in [6, 6.07) is 10.4. The summed E-state index contributed by atoms with van der Waals surface area (Å²) < 4.78 is 6.24. The molecular formula is C51H73N3O5. The van der Waals surface area contributed by atoms with Crippen molar-refractivity contribution in [2.24, 2.45) is 67.5 Å². The van der Waals surface area contributed by atoms with E-state index < -0.39 is 11.4 Å². The van der Waals surface area contributed by atoms with Gasteiger partial charge in [0.05, 0.1) is 29.1 Å². The van der Waals surface area contributed by atoms with Crippen LogP contribution in [0.3, 0.4) is 0 Å². The van der Waals surface area contributed by atoms with Crippen LogP contribution in [0.1, 0.15) is 163 Å². The minimum atomic E-state index is -1.15. The summed E-state index contributed by atoms with van der Waals surface area (Å²) >= 11 is 0. The summed E-state index contributed by atoms with van der Waals surface area (Å²) in [6.45, 7) is 20.0. The van der Waals surface area contributed by atoms with Gasteiger partial charge in [-0.3, -0.25) is 14.4 Å². The molecule has 2 heterocycles. The Morgan fingerprint density at radius 3 is 2.19 bits per heavy atom. The van der Waals surface area contributed by atoms with E-state index in [1.807, 2.05) is 12.3 Å². The van der Waals surface area contributed by atoms with Crippen molar-refractivity contribution in [1.82, 2.24) is 14.9 Å². The van der Waals surface area contributed by atoms with Crippen LogP contribution < -0.4 is 0 Å². The lowest BCUT2D eigenvalue weighted by molar-refractivity contribution is -0.251. The molecule has 6 aliphatic carbocycles. The Balaban J connectivity index is 0.938. The topological polar surface area (TPSA) is 113 Å². The summed E-state index contributed by atoms with van der Waals surface area (Å²) in [5, 5.41) is 9.68. The fourth-order valence-electron chi connectivity index (χ4n) is 16.1. The lowest BCUT2D eigenvalue weighted by atomic mass is 9.32. The van der Waals surface area contributed by atoms with Crippen molar-refractivity contribution < 1.29 is 24.2 Å². The van der Waals surface area contributed by atoms with Gasteiger partial charge >= 0.3 is 11.9 Å². The molecule has 6 saturated carbocycles. The van der Waals surface area contributed by atoms with Crippen LogP contribution in [0.4, 0.5) is 0 Å². The van der Waals surface area contributed by atoms with Gasteiger partial charge in [0, 0.05) is 24.4 Å². The molecule has 0 spiro atoms. The standard InChI is InChI=1S/C51H73N3O5/c1-45(2,44(57)58)30-40(55)59-39-18-21-48(6)37(46(39,3)4)17-22-50(8)38(48)15-14-35-41-34(47(5)24-25-47)16-23-51(41,27-26-49(35,50)7)43(56)54-28-19-33(20-29-54)42-52-31-36(53-42)32-12-10-9-11-13-32/h9-13,31,33-35,37-39,41H,14-30H2,1-8H3,(H,52,53)(H,57,58)/t34?,35-,37+,38-,39+,41-,48+,49-,50-,51+/m1/s1. The first-order valence-corrected chi connectivity index (χ1v) is 23.6. The van der Waals surface area contributed by atoms with Gasteiger partial charge in [0.1, 0.15) is 11.9 Å². The highest BCUT2D eigenvalue weighted by atomic mass is 16.5. The molecule has 8 heteroatoms. The molecule has 7 aliphatic rings. The maximum absolute atomic E-state index is 15.4. The zero-order valence-corrected chi connectivity index (χ0v) is 37.5. The fraction of sp³-hybridized carbons (Fsp3) is 0.765. The first-order chi connectivity index (χ1) is 27.8. The number of aliphatic carboxylic acids is 1. The van der Waals surface area contributed by atoms with Gasteiger partial charge in [0.2, 0.25) is 5.91 Å². The van der Waals surface area contributed by atoms with E-state index in [1.165, 1.54) is 38.5 Å². The Labute approximate surface area is 353 Å². The highest BCUT2D eigenvalue weighted by molar-refractivity contribution is 5.84. The molecule has 2 N–H and O–H groups in total. The van der Waals surface area contributed by atoms with Crippen LogP contribution in [-0.2, 0) is 19.1 Å². The lowest BCUT2D eigenvalue weighted by Crippen LogP contribution is -2.67. The van der Waals surface area contributed by atoms with Crippen molar-refractivity contribution in [3.63, 3.8) is 0 Å². The number of carboxylic acid groups (broad SMARTS) is 1. The van der Waals surface area contributed by atoms with Crippen molar-refractivity contribution in [2.75, 3.05) is 13.1 Å². The highest BCUT2D eigenvalue weighted by Gasteiger charge is 2.74. The Morgan fingerprint density at radius 1 is 0.797 bits per heavy atom. The Kier molecular flexibility index (Phi) is 9.73. The smallest absolute Gasteiger partial charge is 0.309 e. The second-order valence-corrected chi connectivity index (χ2v) is 23.5. The summed E-state index contributed by atoms with van der Waals surface area (Å²) in [5.41, 5.74) is 1.52. The molecule has 0 radical (unpaired) electrons. The van der Waals surface area contributed by atoms with Gasteiger partial charge in [-0.15, -0.1) is 0 Å². The third-order valence-corrected chi connectivity index (χ3v) is 20.0. The highest BCUT2D eigenvalue weighted by Crippen LogP contribution is 2.79. The summed E-state index contributed by atoms with van der Waals surface area (Å²) in [6.07, 6.45) is 17.3. The molecule has 1 saturated heterocycles. The van der Waals surface area contributed by atoms with E-state index in [1.54, 1.807) is 13.8 Å². The van der Waals surface area contributed by atoms with Crippen LogP contribution in [-0.4, -0.2) is 57.0 Å². The maximum Gasteiger partial charge on any atom is 0.309 e. The predicted octanol–water partition coefficient (Wildman–Crippen LogP) is 11.1. The number of aromatic amines is 1. The molecule has 0 bridgehead atoms. The van der Waals surface area contributed by atoms with E-state index in [9.17, 15) is 14.7 Å². The van der Waals surface area contributed by atoms with Crippen molar-refractivity contribution >= 4 is 17.8 Å². The van der Waals surface area contributed by atoms with Crippen molar-refractivity contribution in [3.8, 4) is 11.3 Å². The number of benzene rings is 1.